The van der Waals surface area contributed by atoms with Gasteiger partial charge in [0.2, 0.25) is 0 Å². The van der Waals surface area contributed by atoms with Crippen molar-refractivity contribution in [1.29, 1.82) is 0 Å². The zero-order valence-corrected chi connectivity index (χ0v) is 6.77. The molecule has 0 unspecified atom stereocenters. The molecule has 0 nitrogen and oxygen atoms in total. The van der Waals surface area contributed by atoms with Gasteiger partial charge in [-0.2, -0.15) is 11.3 Å². The quantitative estimate of drug-likeness (QED) is 0.599. The van der Waals surface area contributed by atoms with Crippen molar-refractivity contribution < 1.29 is 0 Å². The minimum atomic E-state index is 1.24. The van der Waals surface area contributed by atoms with Gasteiger partial charge in [0.15, 0.2) is 0 Å². The molecular weight excluding hydrogens is 152 g/mol. The number of rotatable bonds is 1. The molecule has 0 atom stereocenters. The molecule has 1 heteroatoms. The number of hydrogen-bond acceptors (Lipinski definition) is 1. The minimum Gasteiger partial charge on any atom is -0.152 e. The predicted octanol–water partition coefficient (Wildman–Crippen LogP) is 3.22. The molecule has 11 heavy (non-hydrogen) atoms. The number of hydrogen-bond donors (Lipinski definition) is 0. The van der Waals surface area contributed by atoms with Crippen LogP contribution < -0.4 is 0 Å². The molecule has 53 valence electrons. The molecule has 0 bridgehead atoms. The Balaban J connectivity index is 2.46. The topological polar surface area (TPSA) is 0 Å². The summed E-state index contributed by atoms with van der Waals surface area (Å²) in [5.74, 6) is 0. The van der Waals surface area contributed by atoms with Crippen LogP contribution in [-0.4, -0.2) is 0 Å². The second kappa shape index (κ2) is 2.89. The van der Waals surface area contributed by atoms with Crippen LogP contribution in [0.3, 0.4) is 0 Å². The monoisotopic (exact) mass is 159 g/mol. The second-order valence-electron chi connectivity index (χ2n) is 2.30. The lowest BCUT2D eigenvalue weighted by atomic mass is 10.1. The van der Waals surface area contributed by atoms with Crippen molar-refractivity contribution in [3.05, 3.63) is 47.2 Å². The summed E-state index contributed by atoms with van der Waals surface area (Å²) in [5.41, 5.74) is 2.53. The van der Waals surface area contributed by atoms with Crippen molar-refractivity contribution >= 4 is 11.3 Å². The van der Waals surface area contributed by atoms with E-state index in [-0.39, 0.29) is 0 Å². The minimum absolute atomic E-state index is 1.24. The van der Waals surface area contributed by atoms with Gasteiger partial charge in [0, 0.05) is 0 Å². The van der Waals surface area contributed by atoms with Gasteiger partial charge in [-0.1, -0.05) is 18.2 Å². The Morgan fingerprint density at radius 3 is 2.82 bits per heavy atom. The van der Waals surface area contributed by atoms with E-state index in [1.165, 1.54) is 11.1 Å². The van der Waals surface area contributed by atoms with Crippen LogP contribution in [0.2, 0.25) is 0 Å². The lowest BCUT2D eigenvalue weighted by Gasteiger charge is -1.93. The summed E-state index contributed by atoms with van der Waals surface area (Å²) >= 11 is 1.72. The van der Waals surface area contributed by atoms with Crippen LogP contribution in [0.1, 0.15) is 0 Å². The van der Waals surface area contributed by atoms with Gasteiger partial charge in [0.05, 0.1) is 0 Å². The Labute approximate surface area is 70.1 Å². The van der Waals surface area contributed by atoms with Gasteiger partial charge in [-0.15, -0.1) is 0 Å². The smallest absolute Gasteiger partial charge is 0.00147 e. The number of benzene rings is 1. The van der Waals surface area contributed by atoms with Crippen LogP contribution in [0.25, 0.3) is 11.1 Å². The first-order valence-corrected chi connectivity index (χ1v) is 4.40. The van der Waals surface area contributed by atoms with E-state index < -0.39 is 0 Å². The van der Waals surface area contributed by atoms with Crippen LogP contribution in [0.5, 0.6) is 0 Å². The lowest BCUT2D eigenvalue weighted by Crippen LogP contribution is -1.69. The molecule has 0 saturated heterocycles. The summed E-state index contributed by atoms with van der Waals surface area (Å²) in [6.45, 7) is 0. The van der Waals surface area contributed by atoms with Crippen molar-refractivity contribution in [2.24, 2.45) is 0 Å². The highest BCUT2D eigenvalue weighted by molar-refractivity contribution is 7.08. The fourth-order valence-electron chi connectivity index (χ4n) is 1.00. The van der Waals surface area contributed by atoms with Gasteiger partial charge in [0.25, 0.3) is 0 Å². The SMILES string of the molecule is [c]1cccc(-c2ccsc2)c1. The lowest BCUT2D eigenvalue weighted by molar-refractivity contribution is 1.66. The fourth-order valence-corrected chi connectivity index (χ4v) is 1.67. The third-order valence-corrected chi connectivity index (χ3v) is 2.24. The molecule has 0 aliphatic rings. The molecule has 2 aromatic rings. The maximum Gasteiger partial charge on any atom is -0.00147 e. The second-order valence-corrected chi connectivity index (χ2v) is 3.08. The molecular formula is C10H7S. The highest BCUT2D eigenvalue weighted by Crippen LogP contribution is 2.20. The molecule has 1 aromatic heterocycles. The summed E-state index contributed by atoms with van der Waals surface area (Å²) in [5, 5.41) is 4.23. The Morgan fingerprint density at radius 1 is 1.18 bits per heavy atom. The van der Waals surface area contributed by atoms with Crippen LogP contribution in [-0.2, 0) is 0 Å². The maximum absolute atomic E-state index is 3.05. The zero-order valence-electron chi connectivity index (χ0n) is 5.95. The average molecular weight is 159 g/mol. The zero-order chi connectivity index (χ0) is 7.52. The highest BCUT2D eigenvalue weighted by atomic mass is 32.1. The van der Waals surface area contributed by atoms with E-state index in [1.54, 1.807) is 11.3 Å². The third kappa shape index (κ3) is 1.33. The van der Waals surface area contributed by atoms with Crippen molar-refractivity contribution in [3.8, 4) is 11.1 Å². The van der Waals surface area contributed by atoms with E-state index in [1.807, 2.05) is 18.2 Å². The summed E-state index contributed by atoms with van der Waals surface area (Å²) in [6, 6.07) is 13.2. The molecule has 1 aromatic carbocycles. The largest absolute Gasteiger partial charge is 0.152 e. The fraction of sp³-hybridized carbons (Fsp3) is 0. The maximum atomic E-state index is 3.05. The molecule has 1 radical (unpaired) electrons. The van der Waals surface area contributed by atoms with Crippen LogP contribution >= 0.6 is 11.3 Å². The van der Waals surface area contributed by atoms with E-state index in [9.17, 15) is 0 Å². The van der Waals surface area contributed by atoms with Crippen molar-refractivity contribution in [3.63, 3.8) is 0 Å². The van der Waals surface area contributed by atoms with Gasteiger partial charge in [-0.05, 0) is 40.1 Å². The van der Waals surface area contributed by atoms with Crippen LogP contribution in [0, 0.1) is 6.07 Å². The standard InChI is InChI=1S/C10H7S/c1-2-4-9(5-3-1)10-6-7-11-8-10/h1-2,4-8H. The predicted molar refractivity (Wildman–Crippen MR) is 48.6 cm³/mol. The highest BCUT2D eigenvalue weighted by Gasteiger charge is 1.93. The Morgan fingerprint density at radius 2 is 2.18 bits per heavy atom. The molecule has 0 spiro atoms. The molecule has 2 rings (SSSR count). The number of thiophene rings is 1. The normalized spacial score (nSPS) is 9.82. The summed E-state index contributed by atoms with van der Waals surface area (Å²) < 4.78 is 0. The Kier molecular flexibility index (Phi) is 1.74. The molecule has 0 aliphatic heterocycles. The van der Waals surface area contributed by atoms with Gasteiger partial charge in [-0.25, -0.2) is 0 Å². The van der Waals surface area contributed by atoms with E-state index in [0.717, 1.165) is 0 Å². The summed E-state index contributed by atoms with van der Waals surface area (Å²) in [6.07, 6.45) is 0. The third-order valence-electron chi connectivity index (χ3n) is 1.56. The first kappa shape index (κ1) is 6.62. The molecule has 0 N–H and O–H groups in total. The van der Waals surface area contributed by atoms with E-state index in [2.05, 4.69) is 29.0 Å². The van der Waals surface area contributed by atoms with Gasteiger partial charge < -0.3 is 0 Å². The Hall–Kier alpha value is -1.08. The van der Waals surface area contributed by atoms with Crippen LogP contribution in [0.4, 0.5) is 0 Å². The first-order chi connectivity index (χ1) is 5.47. The van der Waals surface area contributed by atoms with Gasteiger partial charge in [-0.3, -0.25) is 0 Å². The van der Waals surface area contributed by atoms with Gasteiger partial charge >= 0.3 is 0 Å². The molecule has 1 heterocycles. The van der Waals surface area contributed by atoms with Crippen molar-refractivity contribution in [2.45, 2.75) is 0 Å². The summed E-state index contributed by atoms with van der Waals surface area (Å²) in [7, 11) is 0. The first-order valence-electron chi connectivity index (χ1n) is 3.45. The molecule has 0 amide bonds. The summed E-state index contributed by atoms with van der Waals surface area (Å²) in [4.78, 5) is 0. The molecule has 0 fully saturated rings. The Bertz CT molecular complexity index is 308. The molecule has 0 saturated carbocycles. The van der Waals surface area contributed by atoms with Crippen LogP contribution in [0.15, 0.2) is 41.1 Å². The van der Waals surface area contributed by atoms with E-state index >= 15 is 0 Å². The van der Waals surface area contributed by atoms with E-state index in [0.29, 0.717) is 0 Å². The van der Waals surface area contributed by atoms with Crippen molar-refractivity contribution in [2.75, 3.05) is 0 Å². The van der Waals surface area contributed by atoms with Crippen molar-refractivity contribution in [1.82, 2.24) is 0 Å². The van der Waals surface area contributed by atoms with E-state index in [4.69, 9.17) is 0 Å². The molecule has 0 aliphatic carbocycles. The average Bonchev–Trinajstić information content (AvgIpc) is 2.58. The van der Waals surface area contributed by atoms with Gasteiger partial charge in [0.1, 0.15) is 0 Å².